The normalized spacial score (nSPS) is 9.47. The van der Waals surface area contributed by atoms with Crippen molar-refractivity contribution in [3.63, 3.8) is 0 Å². The number of amides is 1. The molecule has 0 atom stereocenters. The van der Waals surface area contributed by atoms with Crippen molar-refractivity contribution < 1.29 is 9.53 Å². The molecule has 1 aromatic rings. The Bertz CT molecular complexity index is 406. The van der Waals surface area contributed by atoms with Gasteiger partial charge in [-0.05, 0) is 34.6 Å². The number of halogens is 1. The van der Waals surface area contributed by atoms with Crippen LogP contribution in [0.2, 0.25) is 0 Å². The topological polar surface area (TPSA) is 41.6 Å². The second-order valence-electron chi connectivity index (χ2n) is 4.41. The number of hydrogen-bond acceptors (Lipinski definition) is 3. The largest absolute Gasteiger partial charge is 0.412 e. The third-order valence-electron chi connectivity index (χ3n) is 2.54. The molecular weight excluding hydrogens is 355 g/mol. The van der Waals surface area contributed by atoms with Crippen molar-refractivity contribution >= 4 is 34.4 Å². The van der Waals surface area contributed by atoms with E-state index in [1.807, 2.05) is 42.1 Å². The smallest absolute Gasteiger partial charge is 0.410 e. The van der Waals surface area contributed by atoms with Crippen molar-refractivity contribution in [3.8, 4) is 5.75 Å². The molecular formula is C14H23IN2O2. The molecule has 0 fully saturated rings. The summed E-state index contributed by atoms with van der Waals surface area (Å²) in [4.78, 5) is 15.2. The van der Waals surface area contributed by atoms with E-state index in [0.717, 1.165) is 11.3 Å². The minimum Gasteiger partial charge on any atom is -0.410 e. The number of alkyl halides is 1. The average molecular weight is 378 g/mol. The molecule has 0 aliphatic rings. The number of rotatable bonds is 3. The van der Waals surface area contributed by atoms with Gasteiger partial charge in [0.2, 0.25) is 0 Å². The number of ether oxygens (including phenoxy) is 1. The average Bonchev–Trinajstić information content (AvgIpc) is 2.40. The molecule has 0 saturated carbocycles. The third kappa shape index (κ3) is 5.67. The van der Waals surface area contributed by atoms with Crippen LogP contribution in [0.3, 0.4) is 0 Å². The lowest BCUT2D eigenvalue weighted by Crippen LogP contribution is -2.22. The highest BCUT2D eigenvalue weighted by atomic mass is 127. The molecule has 1 aromatic carbocycles. The summed E-state index contributed by atoms with van der Waals surface area (Å²) in [6.07, 6.45) is -0.440. The maximum absolute atomic E-state index is 11.2. The third-order valence-corrected chi connectivity index (χ3v) is 2.54. The number of nitrogens with one attached hydrogen (secondary N) is 1. The zero-order valence-electron chi connectivity index (χ0n) is 12.5. The van der Waals surface area contributed by atoms with Gasteiger partial charge in [0.1, 0.15) is 5.75 Å². The van der Waals surface area contributed by atoms with Crippen molar-refractivity contribution in [2.45, 2.75) is 19.8 Å². The molecule has 0 spiro atoms. The zero-order valence-corrected chi connectivity index (χ0v) is 14.6. The fraction of sp³-hybridized carbons (Fsp3) is 0.500. The van der Waals surface area contributed by atoms with Gasteiger partial charge in [-0.1, -0.05) is 36.4 Å². The van der Waals surface area contributed by atoms with Crippen molar-refractivity contribution in [2.24, 2.45) is 0 Å². The molecule has 0 heterocycles. The summed E-state index contributed by atoms with van der Waals surface area (Å²) in [5.41, 5.74) is 2.12. The Kier molecular flexibility index (Phi) is 8.54. The molecule has 0 bridgehead atoms. The molecule has 1 rings (SSSR count). The van der Waals surface area contributed by atoms with Crippen LogP contribution in [-0.4, -0.2) is 32.2 Å². The molecule has 0 aromatic heterocycles. The van der Waals surface area contributed by atoms with Gasteiger partial charge in [0.05, 0.1) is 0 Å². The fourth-order valence-electron chi connectivity index (χ4n) is 1.51. The van der Waals surface area contributed by atoms with E-state index in [4.69, 9.17) is 4.74 Å². The molecule has 0 aliphatic heterocycles. The van der Waals surface area contributed by atoms with Crippen LogP contribution < -0.4 is 15.0 Å². The monoisotopic (exact) mass is 378 g/mol. The maximum atomic E-state index is 11.2. The summed E-state index contributed by atoms with van der Waals surface area (Å²) in [5.74, 6) is 0.916. The highest BCUT2D eigenvalue weighted by Crippen LogP contribution is 2.30. The first-order valence-corrected chi connectivity index (χ1v) is 8.20. The van der Waals surface area contributed by atoms with Gasteiger partial charge in [-0.2, -0.15) is 0 Å². The lowest BCUT2D eigenvalue weighted by molar-refractivity contribution is 0.202. The molecule has 108 valence electrons. The Morgan fingerprint density at radius 3 is 2.32 bits per heavy atom. The predicted molar refractivity (Wildman–Crippen MR) is 89.9 cm³/mol. The summed E-state index contributed by atoms with van der Waals surface area (Å²) in [6.45, 7) is 4.15. The number of carbonyl (C=O) groups excluding carboxylic acids is 1. The van der Waals surface area contributed by atoms with E-state index in [2.05, 4.69) is 41.8 Å². The first kappa shape index (κ1) is 18.0. The SMILES string of the molecule is CI.CNC(=O)Oc1ccc(N(C)C)cc1C(C)C. The summed E-state index contributed by atoms with van der Waals surface area (Å²) >= 11 is 2.15. The minimum absolute atomic E-state index is 0.301. The van der Waals surface area contributed by atoms with Crippen molar-refractivity contribution in [1.82, 2.24) is 5.32 Å². The van der Waals surface area contributed by atoms with Gasteiger partial charge in [0, 0.05) is 26.8 Å². The van der Waals surface area contributed by atoms with E-state index in [1.54, 1.807) is 7.05 Å². The minimum atomic E-state index is -0.440. The molecule has 0 saturated heterocycles. The van der Waals surface area contributed by atoms with E-state index in [9.17, 15) is 4.79 Å². The highest BCUT2D eigenvalue weighted by Gasteiger charge is 2.12. The molecule has 4 nitrogen and oxygen atoms in total. The summed E-state index contributed by atoms with van der Waals surface area (Å²) < 4.78 is 5.22. The van der Waals surface area contributed by atoms with Crippen LogP contribution in [-0.2, 0) is 0 Å². The lowest BCUT2D eigenvalue weighted by Gasteiger charge is -2.18. The van der Waals surface area contributed by atoms with Crippen LogP contribution in [0.4, 0.5) is 10.5 Å². The van der Waals surface area contributed by atoms with Crippen molar-refractivity contribution in [2.75, 3.05) is 31.0 Å². The van der Waals surface area contributed by atoms with Crippen LogP contribution >= 0.6 is 22.6 Å². The Balaban J connectivity index is 0.00000154. The Labute approximate surface area is 129 Å². The number of anilines is 1. The fourth-order valence-corrected chi connectivity index (χ4v) is 1.51. The number of benzene rings is 1. The Morgan fingerprint density at radius 2 is 1.89 bits per heavy atom. The van der Waals surface area contributed by atoms with Crippen molar-refractivity contribution in [1.29, 1.82) is 0 Å². The Hall–Kier alpha value is -0.980. The number of nitrogens with zero attached hydrogens (tertiary/aromatic N) is 1. The molecule has 1 N–H and O–H groups in total. The number of hydrogen-bond donors (Lipinski definition) is 1. The van der Waals surface area contributed by atoms with Crippen LogP contribution in [0.1, 0.15) is 25.3 Å². The van der Waals surface area contributed by atoms with Gasteiger partial charge >= 0.3 is 6.09 Å². The van der Waals surface area contributed by atoms with E-state index in [0.29, 0.717) is 11.7 Å². The molecule has 1 amide bonds. The first-order chi connectivity index (χ1) is 8.95. The van der Waals surface area contributed by atoms with E-state index in [-0.39, 0.29) is 0 Å². The molecule has 0 unspecified atom stereocenters. The number of carbonyl (C=O) groups is 1. The summed E-state index contributed by atoms with van der Waals surface area (Å²) in [7, 11) is 5.52. The van der Waals surface area contributed by atoms with Gasteiger partial charge in [-0.25, -0.2) is 4.79 Å². The quantitative estimate of drug-likeness (QED) is 0.645. The van der Waals surface area contributed by atoms with Gasteiger partial charge in [-0.15, -0.1) is 0 Å². The molecule has 0 aliphatic carbocycles. The molecule has 19 heavy (non-hydrogen) atoms. The standard InChI is InChI=1S/C13H20N2O2.CH3I/c1-9(2)11-8-10(15(4)5)6-7-12(11)17-13(16)14-3;1-2/h6-9H,1-5H3,(H,14,16);1H3. The van der Waals surface area contributed by atoms with Gasteiger partial charge < -0.3 is 15.0 Å². The molecule has 5 heteroatoms. The zero-order chi connectivity index (χ0) is 15.0. The van der Waals surface area contributed by atoms with Crippen LogP contribution in [0, 0.1) is 0 Å². The first-order valence-electron chi connectivity index (χ1n) is 6.04. The second kappa shape index (κ2) is 9.01. The van der Waals surface area contributed by atoms with Crippen LogP contribution in [0.5, 0.6) is 5.75 Å². The molecule has 0 radical (unpaired) electrons. The van der Waals surface area contributed by atoms with E-state index >= 15 is 0 Å². The summed E-state index contributed by atoms with van der Waals surface area (Å²) in [5, 5.41) is 2.45. The van der Waals surface area contributed by atoms with E-state index in [1.165, 1.54) is 0 Å². The predicted octanol–water partition coefficient (Wildman–Crippen LogP) is 3.65. The lowest BCUT2D eigenvalue weighted by atomic mass is 10.0. The van der Waals surface area contributed by atoms with Gasteiger partial charge in [0.25, 0.3) is 0 Å². The maximum Gasteiger partial charge on any atom is 0.412 e. The van der Waals surface area contributed by atoms with Gasteiger partial charge in [0.15, 0.2) is 0 Å². The Morgan fingerprint density at radius 1 is 1.32 bits per heavy atom. The van der Waals surface area contributed by atoms with E-state index < -0.39 is 6.09 Å². The van der Waals surface area contributed by atoms with Crippen LogP contribution in [0.15, 0.2) is 18.2 Å². The van der Waals surface area contributed by atoms with Crippen LogP contribution in [0.25, 0.3) is 0 Å². The second-order valence-corrected chi connectivity index (χ2v) is 4.41. The summed E-state index contributed by atoms with van der Waals surface area (Å²) in [6, 6.07) is 5.81. The van der Waals surface area contributed by atoms with Gasteiger partial charge in [-0.3, -0.25) is 0 Å². The van der Waals surface area contributed by atoms with Crippen molar-refractivity contribution in [3.05, 3.63) is 23.8 Å². The highest BCUT2D eigenvalue weighted by molar-refractivity contribution is 14.1.